The number of hydrogen-bond acceptors (Lipinski definition) is 4. The van der Waals surface area contributed by atoms with Gasteiger partial charge in [-0.3, -0.25) is 4.99 Å². The molecule has 0 heterocycles. The highest BCUT2D eigenvalue weighted by molar-refractivity contribution is 14.0. The van der Waals surface area contributed by atoms with Gasteiger partial charge in [-0.25, -0.2) is 8.42 Å². The highest BCUT2D eigenvalue weighted by Crippen LogP contribution is 2.50. The first kappa shape index (κ1) is 24.6. The van der Waals surface area contributed by atoms with Gasteiger partial charge in [0, 0.05) is 29.2 Å². The van der Waals surface area contributed by atoms with E-state index in [-0.39, 0.29) is 41.8 Å². The Morgan fingerprint density at radius 3 is 2.56 bits per heavy atom. The lowest BCUT2D eigenvalue weighted by Crippen LogP contribution is -2.39. The van der Waals surface area contributed by atoms with Gasteiger partial charge in [0.05, 0.1) is 25.5 Å². The average Bonchev–Trinajstić information content (AvgIpc) is 3.36. The van der Waals surface area contributed by atoms with Crippen LogP contribution in [0.2, 0.25) is 0 Å². The molecule has 0 atom stereocenters. The predicted octanol–water partition coefficient (Wildman–Crippen LogP) is 2.72. The number of guanidine groups is 1. The fraction of sp³-hybridized carbons (Fsp3) is 0.611. The summed E-state index contributed by atoms with van der Waals surface area (Å²) in [6.45, 7) is 4.79. The monoisotopic (exact) mass is 573 g/mol. The highest BCUT2D eigenvalue weighted by atomic mass is 127. The van der Waals surface area contributed by atoms with Crippen LogP contribution in [0.25, 0.3) is 0 Å². The summed E-state index contributed by atoms with van der Waals surface area (Å²) in [4.78, 5) is 4.74. The number of aliphatic imine (C=N–C) groups is 1. The van der Waals surface area contributed by atoms with E-state index in [0.717, 1.165) is 36.4 Å². The van der Waals surface area contributed by atoms with Gasteiger partial charge in [-0.1, -0.05) is 34.1 Å². The first-order valence-corrected chi connectivity index (χ1v) is 11.7. The number of sulfone groups is 1. The molecule has 1 aromatic rings. The Labute approximate surface area is 188 Å². The minimum absolute atomic E-state index is 0. The van der Waals surface area contributed by atoms with Crippen molar-refractivity contribution in [2.24, 2.45) is 4.99 Å². The zero-order valence-electron chi connectivity index (χ0n) is 15.8. The Bertz CT molecular complexity index is 724. The molecule has 0 saturated heterocycles. The number of nitrogens with one attached hydrogen (secondary N) is 2. The van der Waals surface area contributed by atoms with E-state index < -0.39 is 9.84 Å². The van der Waals surface area contributed by atoms with Crippen LogP contribution in [0.15, 0.2) is 33.7 Å². The molecule has 1 fully saturated rings. The number of halogens is 2. The summed E-state index contributed by atoms with van der Waals surface area (Å²) in [5, 5.41) is 6.48. The molecule has 6 nitrogen and oxygen atoms in total. The van der Waals surface area contributed by atoms with Crippen molar-refractivity contribution in [2.75, 3.05) is 44.9 Å². The van der Waals surface area contributed by atoms with E-state index in [1.807, 2.05) is 13.0 Å². The van der Waals surface area contributed by atoms with E-state index in [1.165, 1.54) is 11.8 Å². The number of hydrogen-bond donors (Lipinski definition) is 2. The summed E-state index contributed by atoms with van der Waals surface area (Å²) < 4.78 is 28.6. The molecule has 0 bridgehead atoms. The van der Waals surface area contributed by atoms with Crippen LogP contribution in [0.3, 0.4) is 0 Å². The number of nitrogens with zero attached hydrogens (tertiary/aromatic N) is 1. The molecule has 9 heteroatoms. The Morgan fingerprint density at radius 2 is 1.96 bits per heavy atom. The molecule has 27 heavy (non-hydrogen) atoms. The summed E-state index contributed by atoms with van der Waals surface area (Å²) >= 11 is 3.65. The summed E-state index contributed by atoms with van der Waals surface area (Å²) in [7, 11) is -2.97. The maximum Gasteiger partial charge on any atom is 0.191 e. The minimum atomic E-state index is -2.97. The van der Waals surface area contributed by atoms with Gasteiger partial charge in [0.2, 0.25) is 0 Å². The van der Waals surface area contributed by atoms with Gasteiger partial charge >= 0.3 is 0 Å². The average molecular weight is 574 g/mol. The molecular formula is C18H29BrIN3O3S. The summed E-state index contributed by atoms with van der Waals surface area (Å²) in [6, 6.07) is 8.35. The number of ether oxygens (including phenoxy) is 1. The maximum absolute atomic E-state index is 11.1. The van der Waals surface area contributed by atoms with E-state index >= 15 is 0 Å². The van der Waals surface area contributed by atoms with Crippen molar-refractivity contribution < 1.29 is 13.2 Å². The Balaban J connectivity index is 0.00000364. The van der Waals surface area contributed by atoms with Crippen LogP contribution in [0, 0.1) is 0 Å². The zero-order valence-corrected chi connectivity index (χ0v) is 20.6. The lowest BCUT2D eigenvalue weighted by Gasteiger charge is -2.17. The molecule has 0 spiro atoms. The number of benzene rings is 1. The van der Waals surface area contributed by atoms with Gasteiger partial charge in [0.25, 0.3) is 0 Å². The van der Waals surface area contributed by atoms with Crippen LogP contribution in [-0.2, 0) is 20.0 Å². The molecule has 2 N–H and O–H groups in total. The smallest absolute Gasteiger partial charge is 0.191 e. The second-order valence-corrected chi connectivity index (χ2v) is 9.74. The van der Waals surface area contributed by atoms with Gasteiger partial charge in [0.1, 0.15) is 9.84 Å². The molecule has 0 amide bonds. The first-order valence-electron chi connectivity index (χ1n) is 8.89. The normalized spacial score (nSPS) is 15.7. The first-order chi connectivity index (χ1) is 12.4. The van der Waals surface area contributed by atoms with Crippen LogP contribution in [-0.4, -0.2) is 59.2 Å². The van der Waals surface area contributed by atoms with Crippen molar-refractivity contribution in [1.82, 2.24) is 10.6 Å². The van der Waals surface area contributed by atoms with Gasteiger partial charge in [-0.2, -0.15) is 0 Å². The van der Waals surface area contributed by atoms with Crippen molar-refractivity contribution in [3.63, 3.8) is 0 Å². The fourth-order valence-corrected chi connectivity index (χ4v) is 3.81. The van der Waals surface area contributed by atoms with Crippen molar-refractivity contribution in [3.05, 3.63) is 34.3 Å². The SMILES string of the molecule is CCNC(=NCC1(c2ccccc2Br)CC1)NCCOCCS(C)(=O)=O.I. The Kier molecular flexibility index (Phi) is 10.6. The second-order valence-electron chi connectivity index (χ2n) is 6.62. The molecule has 0 aliphatic heterocycles. The Hall–Kier alpha value is -0.390. The van der Waals surface area contributed by atoms with E-state index in [1.54, 1.807) is 0 Å². The molecule has 1 saturated carbocycles. The highest BCUT2D eigenvalue weighted by Gasteiger charge is 2.45. The van der Waals surface area contributed by atoms with Crippen LogP contribution in [0.4, 0.5) is 0 Å². The molecule has 1 aliphatic carbocycles. The standard InChI is InChI=1S/C18H28BrN3O3S.HI/c1-3-20-17(21-10-11-25-12-13-26(2,23)24)22-14-18(8-9-18)15-6-4-5-7-16(15)19;/h4-7H,3,8-14H2,1-2H3,(H2,20,21,22);1H. The lowest BCUT2D eigenvalue weighted by molar-refractivity contribution is 0.154. The van der Waals surface area contributed by atoms with Gasteiger partial charge in [-0.15, -0.1) is 24.0 Å². The lowest BCUT2D eigenvalue weighted by atomic mass is 9.96. The largest absolute Gasteiger partial charge is 0.379 e. The van der Waals surface area contributed by atoms with Gasteiger partial charge in [-0.05, 0) is 31.4 Å². The molecule has 154 valence electrons. The molecule has 0 aromatic heterocycles. The zero-order chi connectivity index (χ0) is 19.0. The van der Waals surface area contributed by atoms with Crippen molar-refractivity contribution >= 4 is 55.7 Å². The molecule has 2 rings (SSSR count). The van der Waals surface area contributed by atoms with Crippen LogP contribution < -0.4 is 10.6 Å². The summed E-state index contributed by atoms with van der Waals surface area (Å²) in [5.74, 6) is 0.813. The van der Waals surface area contributed by atoms with E-state index in [4.69, 9.17) is 9.73 Å². The summed E-state index contributed by atoms with van der Waals surface area (Å²) in [6.07, 6.45) is 3.50. The molecule has 0 radical (unpaired) electrons. The van der Waals surface area contributed by atoms with E-state index in [2.05, 4.69) is 44.8 Å². The minimum Gasteiger partial charge on any atom is -0.379 e. The van der Waals surface area contributed by atoms with Crippen LogP contribution in [0.5, 0.6) is 0 Å². The van der Waals surface area contributed by atoms with E-state index in [9.17, 15) is 8.42 Å². The topological polar surface area (TPSA) is 79.8 Å². The molecule has 1 aromatic carbocycles. The third-order valence-corrected chi connectivity index (χ3v) is 5.92. The molecule has 1 aliphatic rings. The second kappa shape index (κ2) is 11.6. The third-order valence-electron chi connectivity index (χ3n) is 4.32. The third kappa shape index (κ3) is 8.66. The van der Waals surface area contributed by atoms with Crippen molar-refractivity contribution in [3.8, 4) is 0 Å². The van der Waals surface area contributed by atoms with Crippen LogP contribution >= 0.6 is 39.9 Å². The molecule has 0 unspecified atom stereocenters. The predicted molar refractivity (Wildman–Crippen MR) is 125 cm³/mol. The van der Waals surface area contributed by atoms with E-state index in [0.29, 0.717) is 13.2 Å². The van der Waals surface area contributed by atoms with Gasteiger partial charge < -0.3 is 15.4 Å². The van der Waals surface area contributed by atoms with Gasteiger partial charge in [0.15, 0.2) is 5.96 Å². The number of rotatable bonds is 10. The Morgan fingerprint density at radius 1 is 1.26 bits per heavy atom. The maximum atomic E-state index is 11.1. The van der Waals surface area contributed by atoms with Crippen molar-refractivity contribution in [2.45, 2.75) is 25.2 Å². The van der Waals surface area contributed by atoms with Crippen LogP contribution in [0.1, 0.15) is 25.3 Å². The summed E-state index contributed by atoms with van der Waals surface area (Å²) in [5.41, 5.74) is 1.46. The molecular weight excluding hydrogens is 545 g/mol. The fourth-order valence-electron chi connectivity index (χ4n) is 2.68. The quantitative estimate of drug-likeness (QED) is 0.195. The van der Waals surface area contributed by atoms with Crippen molar-refractivity contribution in [1.29, 1.82) is 0 Å².